The van der Waals surface area contributed by atoms with Crippen molar-refractivity contribution in [2.45, 2.75) is 43.3 Å². The number of hydrogen-bond acceptors (Lipinski definition) is 7. The average molecular weight is 522 g/mol. The molecule has 9 heteroatoms. The topological polar surface area (TPSA) is 98.7 Å². The minimum Gasteiger partial charge on any atom is -0.382 e. The number of nitrogen functional groups attached to an aromatic ring is 1. The second-order valence-electron chi connectivity index (χ2n) is 7.54. The lowest BCUT2D eigenvalue weighted by atomic mass is 10.1. The van der Waals surface area contributed by atoms with Crippen LogP contribution in [0.15, 0.2) is 28.5 Å². The molecule has 7 nitrogen and oxygen atoms in total. The van der Waals surface area contributed by atoms with Gasteiger partial charge in [-0.2, -0.15) is 0 Å². The summed E-state index contributed by atoms with van der Waals surface area (Å²) < 4.78 is 3.20. The van der Waals surface area contributed by atoms with E-state index in [9.17, 15) is 4.79 Å². The molecule has 1 aromatic carbocycles. The van der Waals surface area contributed by atoms with Crippen molar-refractivity contribution in [2.24, 2.45) is 5.92 Å². The zero-order chi connectivity index (χ0) is 20.5. The van der Waals surface area contributed by atoms with Gasteiger partial charge in [-0.25, -0.2) is 15.0 Å². The van der Waals surface area contributed by atoms with Gasteiger partial charge in [0.2, 0.25) is 0 Å². The molecule has 3 aromatic rings. The second-order valence-corrected chi connectivity index (χ2v) is 9.71. The van der Waals surface area contributed by atoms with Gasteiger partial charge >= 0.3 is 0 Å². The van der Waals surface area contributed by atoms with Gasteiger partial charge in [0.05, 0.1) is 0 Å². The van der Waals surface area contributed by atoms with Crippen LogP contribution in [0.1, 0.15) is 36.2 Å². The van der Waals surface area contributed by atoms with Gasteiger partial charge < -0.3 is 15.6 Å². The number of nitrogens with one attached hydrogen (secondary N) is 1. The highest BCUT2D eigenvalue weighted by molar-refractivity contribution is 14.1. The maximum atomic E-state index is 12.2. The summed E-state index contributed by atoms with van der Waals surface area (Å²) in [5.41, 5.74) is 9.39. The van der Waals surface area contributed by atoms with Crippen molar-refractivity contribution in [1.29, 1.82) is 0 Å². The first-order valence-electron chi connectivity index (χ1n) is 9.65. The number of hydrogen-bond donors (Lipinski definition) is 2. The molecule has 0 unspecified atom stereocenters. The highest BCUT2D eigenvalue weighted by atomic mass is 127. The van der Waals surface area contributed by atoms with E-state index >= 15 is 0 Å². The molecule has 0 atom stereocenters. The summed E-state index contributed by atoms with van der Waals surface area (Å²) in [6.45, 7) is 6.86. The highest BCUT2D eigenvalue weighted by Crippen LogP contribution is 2.36. The Morgan fingerprint density at radius 3 is 2.93 bits per heavy atom. The first-order chi connectivity index (χ1) is 13.9. The van der Waals surface area contributed by atoms with Crippen LogP contribution in [0.5, 0.6) is 0 Å². The Hall–Kier alpha value is -1.72. The molecule has 29 heavy (non-hydrogen) atoms. The number of Topliss-reactive ketones (excluding diaryl/α,β-unsaturated/α-hetero) is 1. The number of nitrogens with zero attached hydrogens (tertiary/aromatic N) is 4. The second kappa shape index (κ2) is 8.57. The fraction of sp³-hybridized carbons (Fsp3) is 0.400. The Balaban J connectivity index is 1.68. The summed E-state index contributed by atoms with van der Waals surface area (Å²) in [6.07, 6.45) is 2.91. The maximum absolute atomic E-state index is 12.2. The first kappa shape index (κ1) is 20.5. The molecular formula is C20H23IN6OS. The van der Waals surface area contributed by atoms with Gasteiger partial charge in [-0.1, -0.05) is 25.6 Å². The van der Waals surface area contributed by atoms with Crippen molar-refractivity contribution in [3.63, 3.8) is 0 Å². The van der Waals surface area contributed by atoms with Crippen LogP contribution < -0.4 is 11.1 Å². The van der Waals surface area contributed by atoms with E-state index in [4.69, 9.17) is 10.7 Å². The number of halogens is 1. The van der Waals surface area contributed by atoms with Gasteiger partial charge in [0.25, 0.3) is 0 Å². The van der Waals surface area contributed by atoms with Gasteiger partial charge in [-0.15, -0.1) is 0 Å². The molecule has 0 aliphatic heterocycles. The molecule has 2 aromatic heterocycles. The van der Waals surface area contributed by atoms with E-state index < -0.39 is 0 Å². The van der Waals surface area contributed by atoms with E-state index in [1.54, 1.807) is 11.8 Å². The first-order valence-corrected chi connectivity index (χ1v) is 11.5. The zero-order valence-corrected chi connectivity index (χ0v) is 19.4. The highest BCUT2D eigenvalue weighted by Gasteiger charge is 2.23. The molecule has 4 rings (SSSR count). The van der Waals surface area contributed by atoms with Crippen LogP contribution in [0.25, 0.3) is 11.2 Å². The van der Waals surface area contributed by atoms with Crippen molar-refractivity contribution in [3.8, 4) is 0 Å². The van der Waals surface area contributed by atoms with Crippen molar-refractivity contribution in [2.75, 3.05) is 18.8 Å². The van der Waals surface area contributed by atoms with E-state index in [-0.39, 0.29) is 5.78 Å². The van der Waals surface area contributed by atoms with Crippen LogP contribution in [0.4, 0.5) is 5.82 Å². The van der Waals surface area contributed by atoms with Gasteiger partial charge in [-0.3, -0.25) is 4.79 Å². The summed E-state index contributed by atoms with van der Waals surface area (Å²) in [7, 11) is 0. The van der Waals surface area contributed by atoms with Crippen molar-refractivity contribution in [3.05, 3.63) is 33.2 Å². The standard InChI is InChI=1S/C20H23IN6OS/c1-11(2)9-23-5-6-27-19-17(18(22)24-10-25-19)26-20(27)29-16-8-13-12(7-14(16)21)3-4-15(13)28/h7-8,10-11,23H,3-6,9H2,1-2H3,(H2,22,24,25). The quantitative estimate of drug-likeness (QED) is 0.362. The third-order valence-corrected chi connectivity index (χ3v) is 7.18. The summed E-state index contributed by atoms with van der Waals surface area (Å²) in [5.74, 6) is 1.19. The van der Waals surface area contributed by atoms with Crippen molar-refractivity contribution in [1.82, 2.24) is 24.8 Å². The zero-order valence-electron chi connectivity index (χ0n) is 16.4. The Morgan fingerprint density at radius 1 is 1.31 bits per heavy atom. The number of imidazole rings is 1. The molecule has 3 N–H and O–H groups in total. The molecular weight excluding hydrogens is 499 g/mol. The fourth-order valence-electron chi connectivity index (χ4n) is 3.42. The lowest BCUT2D eigenvalue weighted by Crippen LogP contribution is -2.24. The third kappa shape index (κ3) is 4.26. The molecule has 1 aliphatic carbocycles. The summed E-state index contributed by atoms with van der Waals surface area (Å²) in [5, 5.41) is 4.27. The smallest absolute Gasteiger partial charge is 0.175 e. The predicted octanol–water partition coefficient (Wildman–Crippen LogP) is 3.54. The monoisotopic (exact) mass is 522 g/mol. The molecule has 0 bridgehead atoms. The SMILES string of the molecule is CC(C)CNCCn1c(Sc2cc3c(cc2I)CCC3=O)nc2c(N)ncnc21. The summed E-state index contributed by atoms with van der Waals surface area (Å²) >= 11 is 3.88. The molecule has 1 aliphatic rings. The van der Waals surface area contributed by atoms with Crippen LogP contribution in [0.3, 0.4) is 0 Å². The van der Waals surface area contributed by atoms with E-state index in [2.05, 4.69) is 62.4 Å². The molecule has 0 saturated carbocycles. The van der Waals surface area contributed by atoms with Crippen molar-refractivity contribution >= 4 is 57.1 Å². The summed E-state index contributed by atoms with van der Waals surface area (Å²) in [6, 6.07) is 4.13. The van der Waals surface area contributed by atoms with E-state index in [1.807, 2.05) is 6.07 Å². The third-order valence-electron chi connectivity index (χ3n) is 4.87. The Kier molecular flexibility index (Phi) is 6.07. The Bertz CT molecular complexity index is 1080. The maximum Gasteiger partial charge on any atom is 0.175 e. The number of anilines is 1. The van der Waals surface area contributed by atoms with Gasteiger partial charge in [0.1, 0.15) is 6.33 Å². The molecule has 0 radical (unpaired) electrons. The largest absolute Gasteiger partial charge is 0.382 e. The van der Waals surface area contributed by atoms with Crippen LogP contribution in [-0.4, -0.2) is 38.4 Å². The lowest BCUT2D eigenvalue weighted by Gasteiger charge is -2.12. The van der Waals surface area contributed by atoms with Crippen LogP contribution in [-0.2, 0) is 13.0 Å². The number of nitrogens with two attached hydrogens (primary N) is 1. The van der Waals surface area contributed by atoms with E-state index in [0.29, 0.717) is 23.7 Å². The van der Waals surface area contributed by atoms with Crippen LogP contribution in [0.2, 0.25) is 0 Å². The number of fused-ring (bicyclic) bond motifs is 2. The molecule has 0 spiro atoms. The normalized spacial score (nSPS) is 13.6. The molecule has 0 saturated heterocycles. The molecule has 152 valence electrons. The number of aromatic nitrogens is 4. The van der Waals surface area contributed by atoms with E-state index in [0.717, 1.165) is 56.5 Å². The predicted molar refractivity (Wildman–Crippen MR) is 123 cm³/mol. The van der Waals surface area contributed by atoms with Gasteiger partial charge in [0.15, 0.2) is 27.9 Å². The molecule has 2 heterocycles. The number of ketones is 1. The number of carbonyl (C=O) groups is 1. The fourth-order valence-corrected chi connectivity index (χ4v) is 5.23. The molecule has 0 amide bonds. The minimum absolute atomic E-state index is 0.222. The Labute approximate surface area is 187 Å². The van der Waals surface area contributed by atoms with Crippen molar-refractivity contribution < 1.29 is 4.79 Å². The summed E-state index contributed by atoms with van der Waals surface area (Å²) in [4.78, 5) is 26.5. The number of rotatable bonds is 7. The molecule has 0 fully saturated rings. The number of benzene rings is 1. The Morgan fingerprint density at radius 2 is 2.14 bits per heavy atom. The number of aryl methyl sites for hydroxylation is 1. The van der Waals surface area contributed by atoms with Gasteiger partial charge in [-0.05, 0) is 59.2 Å². The van der Waals surface area contributed by atoms with E-state index in [1.165, 1.54) is 6.33 Å². The van der Waals surface area contributed by atoms with Crippen LogP contribution in [0, 0.1) is 9.49 Å². The minimum atomic E-state index is 0.222. The number of carbonyl (C=O) groups excluding carboxylic acids is 1. The van der Waals surface area contributed by atoms with Gasteiger partial charge in [0, 0.05) is 33.5 Å². The average Bonchev–Trinajstić information content (AvgIpc) is 3.21. The van der Waals surface area contributed by atoms with Crippen LogP contribution >= 0.6 is 34.4 Å². The lowest BCUT2D eigenvalue weighted by molar-refractivity contribution is 0.0994.